The standard InChI is InChI=1S/C19H26N2.C7H8OS.C2H6/c1-2-3-4-5-9-14-20-19-12-15-21(16-13-19)17-18-10-7-6-8-11-18;1-8-6-3-2-4-7(9)5-6;1-2/h2-11,14,19-20H,12-13,15-17H2,1H3;2-5,9H,1H3;1-2H3/b3-2-,5-4-,14-9+;;. The van der Waals surface area contributed by atoms with Crippen molar-refractivity contribution in [1.29, 1.82) is 0 Å². The van der Waals surface area contributed by atoms with Gasteiger partial charge in [0.15, 0.2) is 0 Å². The van der Waals surface area contributed by atoms with E-state index in [4.69, 9.17) is 4.74 Å². The second kappa shape index (κ2) is 18.2. The molecule has 1 fully saturated rings. The van der Waals surface area contributed by atoms with E-state index in [0.717, 1.165) is 17.2 Å². The number of allylic oxidation sites excluding steroid dienone is 5. The molecular weight excluding hydrogens is 412 g/mol. The number of nitrogens with one attached hydrogen (secondary N) is 1. The zero-order valence-electron chi connectivity index (χ0n) is 20.1. The Morgan fingerprint density at radius 3 is 2.25 bits per heavy atom. The largest absolute Gasteiger partial charge is 0.497 e. The van der Waals surface area contributed by atoms with Crippen molar-refractivity contribution in [1.82, 2.24) is 10.2 Å². The van der Waals surface area contributed by atoms with Gasteiger partial charge >= 0.3 is 0 Å². The van der Waals surface area contributed by atoms with Gasteiger partial charge in [0.25, 0.3) is 0 Å². The van der Waals surface area contributed by atoms with Crippen LogP contribution in [0.25, 0.3) is 0 Å². The third kappa shape index (κ3) is 12.4. The quantitative estimate of drug-likeness (QED) is 0.353. The molecule has 1 N–H and O–H groups in total. The zero-order chi connectivity index (χ0) is 23.4. The monoisotopic (exact) mass is 452 g/mol. The predicted octanol–water partition coefficient (Wildman–Crippen LogP) is 6.90. The molecule has 0 bridgehead atoms. The minimum atomic E-state index is 0.614. The van der Waals surface area contributed by atoms with Crippen LogP contribution >= 0.6 is 12.6 Å². The van der Waals surface area contributed by atoms with Crippen LogP contribution in [0.5, 0.6) is 5.75 Å². The first-order valence-electron chi connectivity index (χ1n) is 11.5. The van der Waals surface area contributed by atoms with Gasteiger partial charge in [-0.15, -0.1) is 12.6 Å². The van der Waals surface area contributed by atoms with Crippen LogP contribution in [0.4, 0.5) is 0 Å². The first kappa shape index (κ1) is 27.6. The third-order valence-corrected chi connectivity index (χ3v) is 5.12. The van der Waals surface area contributed by atoms with Crippen molar-refractivity contribution in [3.63, 3.8) is 0 Å². The Labute approximate surface area is 201 Å². The molecule has 1 saturated heterocycles. The Morgan fingerprint density at radius 1 is 0.969 bits per heavy atom. The van der Waals surface area contributed by atoms with Gasteiger partial charge < -0.3 is 10.1 Å². The molecule has 0 radical (unpaired) electrons. The second-order valence-corrected chi connectivity index (χ2v) is 7.69. The SMILES string of the molecule is CC.COc1cccc(S)c1.C\C=C/C=C\C=C\NC1CCN(Cc2ccccc2)CC1. The van der Waals surface area contributed by atoms with Crippen LogP contribution < -0.4 is 10.1 Å². The van der Waals surface area contributed by atoms with Crippen molar-refractivity contribution in [3.8, 4) is 5.75 Å². The summed E-state index contributed by atoms with van der Waals surface area (Å²) in [5.41, 5.74) is 1.41. The summed E-state index contributed by atoms with van der Waals surface area (Å²) in [5.74, 6) is 0.850. The molecule has 1 heterocycles. The van der Waals surface area contributed by atoms with Crippen molar-refractivity contribution in [2.75, 3.05) is 20.2 Å². The van der Waals surface area contributed by atoms with Gasteiger partial charge in [0, 0.05) is 30.6 Å². The zero-order valence-corrected chi connectivity index (χ0v) is 21.0. The molecule has 1 aliphatic rings. The lowest BCUT2D eigenvalue weighted by molar-refractivity contribution is 0.197. The molecular formula is C28H40N2OS. The summed E-state index contributed by atoms with van der Waals surface area (Å²) >= 11 is 4.13. The summed E-state index contributed by atoms with van der Waals surface area (Å²) in [6.07, 6.45) is 14.7. The Morgan fingerprint density at radius 2 is 1.66 bits per heavy atom. The number of rotatable bonds is 7. The van der Waals surface area contributed by atoms with E-state index in [0.29, 0.717) is 6.04 Å². The highest BCUT2D eigenvalue weighted by Crippen LogP contribution is 2.15. The molecule has 0 spiro atoms. The van der Waals surface area contributed by atoms with E-state index < -0.39 is 0 Å². The van der Waals surface area contributed by atoms with E-state index in [9.17, 15) is 0 Å². The van der Waals surface area contributed by atoms with Gasteiger partial charge in [-0.05, 0) is 55.8 Å². The van der Waals surface area contributed by atoms with Crippen LogP contribution in [0.3, 0.4) is 0 Å². The third-order valence-electron chi connectivity index (χ3n) is 4.84. The van der Waals surface area contributed by atoms with Crippen LogP contribution in [0, 0.1) is 0 Å². The molecule has 3 rings (SSSR count). The normalized spacial score (nSPS) is 14.7. The fraction of sp³-hybridized carbons (Fsp3) is 0.357. The fourth-order valence-corrected chi connectivity index (χ4v) is 3.41. The van der Waals surface area contributed by atoms with Gasteiger partial charge in [-0.1, -0.05) is 74.5 Å². The van der Waals surface area contributed by atoms with E-state index in [-0.39, 0.29) is 0 Å². The van der Waals surface area contributed by atoms with Gasteiger partial charge in [-0.3, -0.25) is 4.90 Å². The van der Waals surface area contributed by atoms with Gasteiger partial charge in [0.1, 0.15) is 5.75 Å². The maximum absolute atomic E-state index is 4.95. The molecule has 0 atom stereocenters. The van der Waals surface area contributed by atoms with Crippen LogP contribution in [-0.2, 0) is 6.54 Å². The molecule has 1 aliphatic heterocycles. The molecule has 0 aliphatic carbocycles. The molecule has 32 heavy (non-hydrogen) atoms. The van der Waals surface area contributed by atoms with Gasteiger partial charge in [-0.2, -0.15) is 0 Å². The van der Waals surface area contributed by atoms with Crippen LogP contribution in [-0.4, -0.2) is 31.1 Å². The number of hydrogen-bond acceptors (Lipinski definition) is 4. The smallest absolute Gasteiger partial charge is 0.119 e. The number of likely N-dealkylation sites (tertiary alicyclic amines) is 1. The van der Waals surface area contributed by atoms with E-state index in [1.807, 2.05) is 63.3 Å². The van der Waals surface area contributed by atoms with Crippen molar-refractivity contribution in [2.24, 2.45) is 0 Å². The first-order valence-corrected chi connectivity index (χ1v) is 12.0. The molecule has 4 heteroatoms. The number of thiol groups is 1. The van der Waals surface area contributed by atoms with Crippen molar-refractivity contribution in [2.45, 2.75) is 51.1 Å². The lowest BCUT2D eigenvalue weighted by atomic mass is 10.0. The van der Waals surface area contributed by atoms with Gasteiger partial charge in [-0.25, -0.2) is 0 Å². The summed E-state index contributed by atoms with van der Waals surface area (Å²) in [4.78, 5) is 3.47. The Kier molecular flexibility index (Phi) is 15.7. The number of methoxy groups -OCH3 is 1. The highest BCUT2D eigenvalue weighted by atomic mass is 32.1. The van der Waals surface area contributed by atoms with Crippen molar-refractivity contribution in [3.05, 3.63) is 96.7 Å². The fourth-order valence-electron chi connectivity index (χ4n) is 3.20. The van der Waals surface area contributed by atoms with Crippen molar-refractivity contribution < 1.29 is 4.74 Å². The van der Waals surface area contributed by atoms with Gasteiger partial charge in [0.2, 0.25) is 0 Å². The average Bonchev–Trinajstić information content (AvgIpc) is 2.85. The highest BCUT2D eigenvalue weighted by Gasteiger charge is 2.17. The van der Waals surface area contributed by atoms with E-state index >= 15 is 0 Å². The molecule has 2 aromatic carbocycles. The minimum Gasteiger partial charge on any atom is -0.497 e. The molecule has 174 valence electrons. The van der Waals surface area contributed by atoms with E-state index in [1.165, 1.54) is 31.5 Å². The number of benzene rings is 2. The molecule has 0 saturated carbocycles. The molecule has 3 nitrogen and oxygen atoms in total. The lowest BCUT2D eigenvalue weighted by Crippen LogP contribution is -2.40. The van der Waals surface area contributed by atoms with Gasteiger partial charge in [0.05, 0.1) is 7.11 Å². The summed E-state index contributed by atoms with van der Waals surface area (Å²) in [6, 6.07) is 18.9. The molecule has 0 unspecified atom stereocenters. The Bertz CT molecular complexity index is 794. The first-order chi connectivity index (χ1) is 15.7. The molecule has 2 aromatic rings. The van der Waals surface area contributed by atoms with Crippen molar-refractivity contribution >= 4 is 12.6 Å². The second-order valence-electron chi connectivity index (χ2n) is 7.17. The van der Waals surface area contributed by atoms with Crippen LogP contribution in [0.15, 0.2) is 96.1 Å². The highest BCUT2D eigenvalue weighted by molar-refractivity contribution is 7.80. The Balaban J connectivity index is 0.000000388. The topological polar surface area (TPSA) is 24.5 Å². The molecule has 0 aromatic heterocycles. The number of ether oxygens (including phenoxy) is 1. The predicted molar refractivity (Wildman–Crippen MR) is 143 cm³/mol. The summed E-state index contributed by atoms with van der Waals surface area (Å²) in [7, 11) is 1.64. The minimum absolute atomic E-state index is 0.614. The molecule has 0 amide bonds. The summed E-state index contributed by atoms with van der Waals surface area (Å²) in [5, 5.41) is 3.50. The number of nitrogens with zero attached hydrogens (tertiary/aromatic N) is 1. The number of piperidine rings is 1. The lowest BCUT2D eigenvalue weighted by Gasteiger charge is -2.32. The number of hydrogen-bond donors (Lipinski definition) is 2. The summed E-state index contributed by atoms with van der Waals surface area (Å²) in [6.45, 7) is 9.45. The van der Waals surface area contributed by atoms with Crippen LogP contribution in [0.2, 0.25) is 0 Å². The van der Waals surface area contributed by atoms with Crippen LogP contribution in [0.1, 0.15) is 39.2 Å². The van der Waals surface area contributed by atoms with E-state index in [2.05, 4.69) is 71.5 Å². The Hall–Kier alpha value is -2.43. The average molecular weight is 453 g/mol. The maximum Gasteiger partial charge on any atom is 0.119 e. The maximum atomic E-state index is 4.95. The summed E-state index contributed by atoms with van der Waals surface area (Å²) < 4.78 is 4.95. The van der Waals surface area contributed by atoms with E-state index in [1.54, 1.807) is 7.11 Å².